The van der Waals surface area contributed by atoms with Gasteiger partial charge in [-0.3, -0.25) is 4.90 Å². The zero-order valence-corrected chi connectivity index (χ0v) is 15.9. The summed E-state index contributed by atoms with van der Waals surface area (Å²) < 4.78 is 1.79. The average molecular weight is 383 g/mol. The second-order valence-electron chi connectivity index (χ2n) is 7.55. The summed E-state index contributed by atoms with van der Waals surface area (Å²) in [6, 6.07) is 10.7. The molecule has 1 saturated heterocycles. The number of aromatic nitrogens is 4. The molecule has 3 heterocycles. The number of benzene rings is 1. The molecule has 6 nitrogen and oxygen atoms in total. The Balaban J connectivity index is 1.42. The number of nitrogens with one attached hydrogen (secondary N) is 1. The normalized spacial score (nSPS) is 18.9. The molecule has 1 aromatic carbocycles. The lowest BCUT2D eigenvalue weighted by atomic mass is 10.1. The van der Waals surface area contributed by atoms with Crippen LogP contribution in [0.5, 0.6) is 0 Å². The number of likely N-dealkylation sites (tertiary alicyclic amines) is 1. The Morgan fingerprint density at radius 3 is 2.67 bits per heavy atom. The Labute approximate surface area is 163 Å². The lowest BCUT2D eigenvalue weighted by Gasteiger charge is -2.28. The van der Waals surface area contributed by atoms with Gasteiger partial charge in [-0.2, -0.15) is 9.61 Å². The van der Waals surface area contributed by atoms with Gasteiger partial charge in [0, 0.05) is 17.5 Å². The second kappa shape index (κ2) is 7.09. The van der Waals surface area contributed by atoms with Crippen molar-refractivity contribution in [1.29, 1.82) is 0 Å². The predicted octanol–water partition coefficient (Wildman–Crippen LogP) is 3.90. The number of fused-ring (bicyclic) bond motifs is 1. The van der Waals surface area contributed by atoms with E-state index in [4.69, 9.17) is 11.6 Å². The van der Waals surface area contributed by atoms with Crippen molar-refractivity contribution < 1.29 is 0 Å². The minimum Gasteiger partial charge on any atom is -0.380 e. The van der Waals surface area contributed by atoms with Crippen LogP contribution in [0.15, 0.2) is 36.7 Å². The fourth-order valence-corrected chi connectivity index (χ4v) is 4.08. The van der Waals surface area contributed by atoms with Crippen LogP contribution < -0.4 is 5.32 Å². The predicted molar refractivity (Wildman–Crippen MR) is 106 cm³/mol. The molecular formula is C20H23ClN6. The molecule has 0 radical (unpaired) electrons. The standard InChI is InChI=1S/C20H23ClN6/c21-16-7-5-15(6-8-16)19(26-9-1-2-10-26)12-22-18-11-17(14-3-4-14)25-27-13-23-24-20(18)27/h5-8,11,13-14,19,22H,1-4,9-10,12H2. The molecule has 5 rings (SSSR count). The van der Waals surface area contributed by atoms with Crippen LogP contribution in [0.4, 0.5) is 5.69 Å². The number of hydrogen-bond donors (Lipinski definition) is 1. The first-order chi connectivity index (χ1) is 13.3. The van der Waals surface area contributed by atoms with Crippen LogP contribution in [-0.4, -0.2) is 44.3 Å². The molecule has 2 fully saturated rings. The first kappa shape index (κ1) is 17.0. The summed E-state index contributed by atoms with van der Waals surface area (Å²) in [5, 5.41) is 17.4. The molecule has 0 spiro atoms. The number of halogens is 1. The molecule has 1 N–H and O–H groups in total. The number of hydrogen-bond acceptors (Lipinski definition) is 5. The molecule has 2 aliphatic rings. The number of rotatable bonds is 6. The van der Waals surface area contributed by atoms with Crippen LogP contribution >= 0.6 is 11.6 Å². The summed E-state index contributed by atoms with van der Waals surface area (Å²) in [6.45, 7) is 3.09. The molecule has 7 heteroatoms. The van der Waals surface area contributed by atoms with E-state index in [-0.39, 0.29) is 0 Å². The van der Waals surface area contributed by atoms with Gasteiger partial charge in [0.05, 0.1) is 17.4 Å². The van der Waals surface area contributed by atoms with Gasteiger partial charge in [0.1, 0.15) is 6.33 Å². The van der Waals surface area contributed by atoms with Gasteiger partial charge >= 0.3 is 0 Å². The third-order valence-electron chi connectivity index (χ3n) is 5.60. The molecule has 0 amide bonds. The van der Waals surface area contributed by atoms with E-state index < -0.39 is 0 Å². The highest BCUT2D eigenvalue weighted by molar-refractivity contribution is 6.30. The Bertz CT molecular complexity index is 927. The Morgan fingerprint density at radius 1 is 1.15 bits per heavy atom. The third kappa shape index (κ3) is 3.51. The Kier molecular flexibility index (Phi) is 4.45. The van der Waals surface area contributed by atoms with Crippen LogP contribution in [0, 0.1) is 0 Å². The highest BCUT2D eigenvalue weighted by atomic mass is 35.5. The second-order valence-corrected chi connectivity index (χ2v) is 7.98. The maximum absolute atomic E-state index is 6.10. The summed E-state index contributed by atoms with van der Waals surface area (Å²) in [5.41, 5.74) is 4.23. The highest BCUT2D eigenvalue weighted by Gasteiger charge is 2.27. The van der Waals surface area contributed by atoms with Gasteiger partial charge in [0.25, 0.3) is 0 Å². The molecule has 1 aliphatic heterocycles. The smallest absolute Gasteiger partial charge is 0.200 e. The summed E-state index contributed by atoms with van der Waals surface area (Å²) in [6.07, 6.45) is 6.66. The zero-order chi connectivity index (χ0) is 18.2. The first-order valence-electron chi connectivity index (χ1n) is 9.72. The quantitative estimate of drug-likeness (QED) is 0.700. The molecule has 140 valence electrons. The van der Waals surface area contributed by atoms with E-state index in [9.17, 15) is 0 Å². The van der Waals surface area contributed by atoms with E-state index in [0.29, 0.717) is 12.0 Å². The average Bonchev–Trinajstić information content (AvgIpc) is 3.18. The monoisotopic (exact) mass is 382 g/mol. The van der Waals surface area contributed by atoms with Gasteiger partial charge in [-0.25, -0.2) is 0 Å². The van der Waals surface area contributed by atoms with Gasteiger partial charge in [-0.1, -0.05) is 23.7 Å². The molecule has 1 aliphatic carbocycles. The van der Waals surface area contributed by atoms with Crippen molar-refractivity contribution in [2.45, 2.75) is 37.6 Å². The van der Waals surface area contributed by atoms with Crippen LogP contribution in [0.1, 0.15) is 48.9 Å². The minimum atomic E-state index is 0.310. The topological polar surface area (TPSA) is 58.4 Å². The van der Waals surface area contributed by atoms with Crippen LogP contribution in [0.25, 0.3) is 5.65 Å². The Hall–Kier alpha value is -2.18. The SMILES string of the molecule is Clc1ccc(C(CNc2cc(C3CC3)nn3cnnc23)N2CCCC2)cc1. The van der Waals surface area contributed by atoms with E-state index >= 15 is 0 Å². The molecule has 3 aromatic rings. The summed E-state index contributed by atoms with van der Waals surface area (Å²) in [4.78, 5) is 2.56. The van der Waals surface area contributed by atoms with Crippen molar-refractivity contribution in [3.05, 3.63) is 52.9 Å². The fourth-order valence-electron chi connectivity index (χ4n) is 3.96. The molecule has 1 atom stereocenters. The summed E-state index contributed by atoms with van der Waals surface area (Å²) >= 11 is 6.10. The van der Waals surface area contributed by atoms with Gasteiger partial charge in [0.2, 0.25) is 5.65 Å². The van der Waals surface area contributed by atoms with Crippen molar-refractivity contribution >= 4 is 22.9 Å². The lowest BCUT2D eigenvalue weighted by Crippen LogP contribution is -2.31. The van der Waals surface area contributed by atoms with Gasteiger partial charge < -0.3 is 5.32 Å². The van der Waals surface area contributed by atoms with E-state index in [1.807, 2.05) is 12.1 Å². The maximum atomic E-state index is 6.10. The van der Waals surface area contributed by atoms with Gasteiger partial charge in [0.15, 0.2) is 0 Å². The minimum absolute atomic E-state index is 0.310. The molecular weight excluding hydrogens is 360 g/mol. The number of nitrogens with zero attached hydrogens (tertiary/aromatic N) is 5. The number of anilines is 1. The summed E-state index contributed by atoms with van der Waals surface area (Å²) in [5.74, 6) is 0.586. The molecule has 27 heavy (non-hydrogen) atoms. The van der Waals surface area contributed by atoms with E-state index in [1.165, 1.54) is 31.2 Å². The third-order valence-corrected chi connectivity index (χ3v) is 5.86. The van der Waals surface area contributed by atoms with Gasteiger partial charge in [-0.05, 0) is 62.5 Å². The molecule has 1 unspecified atom stereocenters. The highest BCUT2D eigenvalue weighted by Crippen LogP contribution is 2.40. The lowest BCUT2D eigenvalue weighted by molar-refractivity contribution is 0.256. The van der Waals surface area contributed by atoms with Gasteiger partial charge in [-0.15, -0.1) is 10.2 Å². The maximum Gasteiger partial charge on any atom is 0.200 e. The van der Waals surface area contributed by atoms with Crippen LogP contribution in [-0.2, 0) is 0 Å². The largest absolute Gasteiger partial charge is 0.380 e. The molecule has 2 aromatic heterocycles. The Morgan fingerprint density at radius 2 is 1.93 bits per heavy atom. The van der Waals surface area contributed by atoms with Crippen molar-refractivity contribution in [3.63, 3.8) is 0 Å². The van der Waals surface area contributed by atoms with E-state index in [0.717, 1.165) is 41.7 Å². The van der Waals surface area contributed by atoms with Crippen LogP contribution in [0.3, 0.4) is 0 Å². The fraction of sp³-hybridized carbons (Fsp3) is 0.450. The first-order valence-corrected chi connectivity index (χ1v) is 10.1. The zero-order valence-electron chi connectivity index (χ0n) is 15.2. The van der Waals surface area contributed by atoms with Crippen molar-refractivity contribution in [3.8, 4) is 0 Å². The van der Waals surface area contributed by atoms with E-state index in [1.54, 1.807) is 10.8 Å². The van der Waals surface area contributed by atoms with E-state index in [2.05, 4.69) is 43.7 Å². The van der Waals surface area contributed by atoms with Crippen molar-refractivity contribution in [1.82, 2.24) is 24.7 Å². The molecule has 0 bridgehead atoms. The molecule has 1 saturated carbocycles. The van der Waals surface area contributed by atoms with Crippen molar-refractivity contribution in [2.75, 3.05) is 25.0 Å². The van der Waals surface area contributed by atoms with Crippen LogP contribution in [0.2, 0.25) is 5.02 Å². The van der Waals surface area contributed by atoms with Crippen molar-refractivity contribution in [2.24, 2.45) is 0 Å². The summed E-state index contributed by atoms with van der Waals surface area (Å²) in [7, 11) is 0.